The zero-order valence-electron chi connectivity index (χ0n) is 13.3. The second kappa shape index (κ2) is 6.19. The number of nitrogens with two attached hydrogens (primary N) is 1. The molecule has 3 atom stereocenters. The van der Waals surface area contributed by atoms with E-state index in [0.29, 0.717) is 12.0 Å². The summed E-state index contributed by atoms with van der Waals surface area (Å²) in [6.07, 6.45) is 4.98. The second-order valence-corrected chi connectivity index (χ2v) is 7.18. The van der Waals surface area contributed by atoms with Crippen LogP contribution in [-0.2, 0) is 6.42 Å². The number of benzene rings is 2. The van der Waals surface area contributed by atoms with Gasteiger partial charge in [-0.3, -0.25) is 0 Å². The Kier molecular flexibility index (Phi) is 4.30. The van der Waals surface area contributed by atoms with E-state index in [0.717, 1.165) is 18.3 Å². The normalized spacial score (nSPS) is 27.7. The first-order valence-electron chi connectivity index (χ1n) is 8.35. The first-order chi connectivity index (χ1) is 10.1. The van der Waals surface area contributed by atoms with Gasteiger partial charge in [0.2, 0.25) is 0 Å². The molecule has 0 heterocycles. The number of rotatable bonds is 3. The van der Waals surface area contributed by atoms with E-state index in [9.17, 15) is 0 Å². The van der Waals surface area contributed by atoms with Crippen LogP contribution in [-0.4, -0.2) is 6.04 Å². The van der Waals surface area contributed by atoms with Gasteiger partial charge in [0.05, 0.1) is 0 Å². The lowest BCUT2D eigenvalue weighted by molar-refractivity contribution is 0.192. The van der Waals surface area contributed by atoms with E-state index in [-0.39, 0.29) is 0 Å². The number of hydrogen-bond acceptors (Lipinski definition) is 1. The Balaban J connectivity index is 1.78. The van der Waals surface area contributed by atoms with Crippen LogP contribution in [0.1, 0.15) is 38.7 Å². The SMILES string of the molecule is CC1CC(C)CC(C(N)Cc2cccc3ccccc23)C1. The molecule has 1 heteroatoms. The van der Waals surface area contributed by atoms with E-state index >= 15 is 0 Å². The van der Waals surface area contributed by atoms with Crippen molar-refractivity contribution in [1.29, 1.82) is 0 Å². The van der Waals surface area contributed by atoms with Gasteiger partial charge in [0.15, 0.2) is 0 Å². The van der Waals surface area contributed by atoms with Crippen LogP contribution in [0.2, 0.25) is 0 Å². The third kappa shape index (κ3) is 3.29. The summed E-state index contributed by atoms with van der Waals surface area (Å²) in [5.41, 5.74) is 8.00. The topological polar surface area (TPSA) is 26.0 Å². The first-order valence-corrected chi connectivity index (χ1v) is 8.35. The summed E-state index contributed by atoms with van der Waals surface area (Å²) >= 11 is 0. The Morgan fingerprint density at radius 3 is 2.38 bits per heavy atom. The molecular formula is C20H27N. The van der Waals surface area contributed by atoms with Crippen molar-refractivity contribution in [3.05, 3.63) is 48.0 Å². The highest BCUT2D eigenvalue weighted by Gasteiger charge is 2.28. The molecule has 0 radical (unpaired) electrons. The fourth-order valence-electron chi connectivity index (χ4n) is 4.25. The molecule has 1 aliphatic carbocycles. The van der Waals surface area contributed by atoms with Crippen LogP contribution in [0.25, 0.3) is 10.8 Å². The molecule has 1 aliphatic rings. The molecular weight excluding hydrogens is 254 g/mol. The minimum Gasteiger partial charge on any atom is -0.327 e. The summed E-state index contributed by atoms with van der Waals surface area (Å²) < 4.78 is 0. The molecule has 0 spiro atoms. The third-order valence-electron chi connectivity index (χ3n) is 5.16. The molecule has 2 N–H and O–H groups in total. The molecule has 0 saturated heterocycles. The standard InChI is InChI=1S/C20H27N/c1-14-10-15(2)12-18(11-14)20(21)13-17-8-5-7-16-6-3-4-9-19(16)17/h3-9,14-15,18,20H,10-13,21H2,1-2H3. The fourth-order valence-corrected chi connectivity index (χ4v) is 4.25. The predicted molar refractivity (Wildman–Crippen MR) is 91.3 cm³/mol. The van der Waals surface area contributed by atoms with Crippen molar-refractivity contribution in [3.8, 4) is 0 Å². The molecule has 21 heavy (non-hydrogen) atoms. The first kappa shape index (κ1) is 14.6. The van der Waals surface area contributed by atoms with Gasteiger partial charge in [-0.15, -0.1) is 0 Å². The molecule has 3 rings (SSSR count). The molecule has 0 aliphatic heterocycles. The summed E-state index contributed by atoms with van der Waals surface area (Å²) in [5.74, 6) is 2.34. The predicted octanol–water partition coefficient (Wildman–Crippen LogP) is 4.78. The summed E-state index contributed by atoms with van der Waals surface area (Å²) in [6, 6.07) is 15.5. The third-order valence-corrected chi connectivity index (χ3v) is 5.16. The van der Waals surface area contributed by atoms with E-state index < -0.39 is 0 Å². The van der Waals surface area contributed by atoms with Crippen LogP contribution < -0.4 is 5.73 Å². The van der Waals surface area contributed by atoms with Gasteiger partial charge in [-0.2, -0.15) is 0 Å². The smallest absolute Gasteiger partial charge is 0.0108 e. The average molecular weight is 281 g/mol. The number of hydrogen-bond donors (Lipinski definition) is 1. The van der Waals surface area contributed by atoms with E-state index in [4.69, 9.17) is 5.73 Å². The molecule has 112 valence electrons. The van der Waals surface area contributed by atoms with Crippen LogP contribution in [0.3, 0.4) is 0 Å². The van der Waals surface area contributed by atoms with E-state index in [1.54, 1.807) is 0 Å². The zero-order valence-corrected chi connectivity index (χ0v) is 13.3. The van der Waals surface area contributed by atoms with Crippen LogP contribution >= 0.6 is 0 Å². The van der Waals surface area contributed by atoms with Crippen molar-refractivity contribution in [3.63, 3.8) is 0 Å². The largest absolute Gasteiger partial charge is 0.327 e. The molecule has 2 aromatic carbocycles. The van der Waals surface area contributed by atoms with Gasteiger partial charge in [0.1, 0.15) is 0 Å². The van der Waals surface area contributed by atoms with E-state index in [1.807, 2.05) is 0 Å². The molecule has 2 aromatic rings. The molecule has 0 amide bonds. The maximum Gasteiger partial charge on any atom is 0.0108 e. The van der Waals surface area contributed by atoms with Crippen LogP contribution in [0, 0.1) is 17.8 Å². The Morgan fingerprint density at radius 1 is 0.952 bits per heavy atom. The minimum atomic E-state index is 0.293. The molecule has 0 bridgehead atoms. The minimum absolute atomic E-state index is 0.293. The zero-order chi connectivity index (χ0) is 14.8. The van der Waals surface area contributed by atoms with E-state index in [1.165, 1.54) is 35.6 Å². The van der Waals surface area contributed by atoms with Gasteiger partial charge < -0.3 is 5.73 Å². The van der Waals surface area contributed by atoms with Crippen molar-refractivity contribution < 1.29 is 0 Å². The summed E-state index contributed by atoms with van der Waals surface area (Å²) in [4.78, 5) is 0. The van der Waals surface area contributed by atoms with Crippen molar-refractivity contribution >= 4 is 10.8 Å². The average Bonchev–Trinajstić information content (AvgIpc) is 2.46. The molecule has 1 nitrogen and oxygen atoms in total. The maximum atomic E-state index is 6.60. The van der Waals surface area contributed by atoms with Gasteiger partial charge in [0, 0.05) is 6.04 Å². The van der Waals surface area contributed by atoms with Gasteiger partial charge in [-0.1, -0.05) is 56.3 Å². The van der Waals surface area contributed by atoms with Crippen molar-refractivity contribution in [1.82, 2.24) is 0 Å². The summed E-state index contributed by atoms with van der Waals surface area (Å²) in [5, 5.41) is 2.69. The quantitative estimate of drug-likeness (QED) is 0.860. The summed E-state index contributed by atoms with van der Waals surface area (Å²) in [6.45, 7) is 4.76. The van der Waals surface area contributed by atoms with Crippen molar-refractivity contribution in [2.45, 2.75) is 45.6 Å². The van der Waals surface area contributed by atoms with Crippen molar-refractivity contribution in [2.75, 3.05) is 0 Å². The molecule has 3 unspecified atom stereocenters. The Labute approximate surface area is 128 Å². The molecule has 1 saturated carbocycles. The van der Waals surface area contributed by atoms with E-state index in [2.05, 4.69) is 56.3 Å². The van der Waals surface area contributed by atoms with Crippen LogP contribution in [0.15, 0.2) is 42.5 Å². The lowest BCUT2D eigenvalue weighted by Crippen LogP contribution is -2.37. The Bertz CT molecular complexity index is 588. The fraction of sp³-hybridized carbons (Fsp3) is 0.500. The highest BCUT2D eigenvalue weighted by molar-refractivity contribution is 5.85. The highest BCUT2D eigenvalue weighted by atomic mass is 14.7. The van der Waals surface area contributed by atoms with Gasteiger partial charge in [0.25, 0.3) is 0 Å². The number of fused-ring (bicyclic) bond motifs is 1. The lowest BCUT2D eigenvalue weighted by Gasteiger charge is -2.35. The Morgan fingerprint density at radius 2 is 1.62 bits per heavy atom. The van der Waals surface area contributed by atoms with Crippen LogP contribution in [0.5, 0.6) is 0 Å². The second-order valence-electron chi connectivity index (χ2n) is 7.18. The Hall–Kier alpha value is -1.34. The lowest BCUT2D eigenvalue weighted by atomic mass is 9.73. The monoisotopic (exact) mass is 281 g/mol. The molecule has 1 fully saturated rings. The molecule has 0 aromatic heterocycles. The summed E-state index contributed by atoms with van der Waals surface area (Å²) in [7, 11) is 0. The van der Waals surface area contributed by atoms with Crippen molar-refractivity contribution in [2.24, 2.45) is 23.5 Å². The van der Waals surface area contributed by atoms with Gasteiger partial charge in [-0.25, -0.2) is 0 Å². The van der Waals surface area contributed by atoms with Crippen LogP contribution in [0.4, 0.5) is 0 Å². The van der Waals surface area contributed by atoms with Gasteiger partial charge >= 0.3 is 0 Å². The maximum absolute atomic E-state index is 6.60. The highest BCUT2D eigenvalue weighted by Crippen LogP contribution is 2.35. The van der Waals surface area contributed by atoms with Gasteiger partial charge in [-0.05, 0) is 59.8 Å².